The van der Waals surface area contributed by atoms with Crippen molar-refractivity contribution in [1.82, 2.24) is 0 Å². The number of hydrogen-bond donors (Lipinski definition) is 2. The molecule has 1 fully saturated rings. The summed E-state index contributed by atoms with van der Waals surface area (Å²) in [6.07, 6.45) is 7.37. The van der Waals surface area contributed by atoms with Crippen LogP contribution in [0.2, 0.25) is 0 Å². The number of thiol groups is 1. The Bertz CT molecular complexity index is 89.6. The van der Waals surface area contributed by atoms with Crippen molar-refractivity contribution in [2.45, 2.75) is 32.1 Å². The lowest BCUT2D eigenvalue weighted by molar-refractivity contribution is -0.656. The summed E-state index contributed by atoms with van der Waals surface area (Å²) in [6, 6.07) is 0. The smallest absolute Gasteiger partial charge is 0.0844 e. The first-order valence-electron chi connectivity index (χ1n) is 4.86. The maximum Gasteiger partial charge on any atom is 0.0844 e. The van der Waals surface area contributed by atoms with Crippen LogP contribution >= 0.6 is 12.6 Å². The second kappa shape index (κ2) is 5.90. The van der Waals surface area contributed by atoms with Crippen molar-refractivity contribution in [2.24, 2.45) is 5.92 Å². The van der Waals surface area contributed by atoms with Crippen molar-refractivity contribution in [3.63, 3.8) is 0 Å². The van der Waals surface area contributed by atoms with Gasteiger partial charge in [-0.1, -0.05) is 19.3 Å². The van der Waals surface area contributed by atoms with Gasteiger partial charge in [0.25, 0.3) is 0 Å². The standard InChI is InChI=1S/C9H19NS/c11-7-6-10-8-9-4-2-1-3-5-9/h9-11H,1-8H2/p+1. The van der Waals surface area contributed by atoms with E-state index >= 15 is 0 Å². The van der Waals surface area contributed by atoms with Gasteiger partial charge in [0.1, 0.15) is 0 Å². The molecule has 1 saturated carbocycles. The molecule has 0 radical (unpaired) electrons. The van der Waals surface area contributed by atoms with E-state index in [4.69, 9.17) is 0 Å². The predicted octanol–water partition coefficient (Wildman–Crippen LogP) is 1.06. The zero-order valence-electron chi connectivity index (χ0n) is 7.26. The first-order valence-corrected chi connectivity index (χ1v) is 5.49. The monoisotopic (exact) mass is 174 g/mol. The quantitative estimate of drug-likeness (QED) is 0.468. The van der Waals surface area contributed by atoms with Gasteiger partial charge < -0.3 is 5.32 Å². The summed E-state index contributed by atoms with van der Waals surface area (Å²) in [5.41, 5.74) is 0. The predicted molar refractivity (Wildman–Crippen MR) is 52.1 cm³/mol. The molecule has 2 N–H and O–H groups in total. The van der Waals surface area contributed by atoms with Crippen LogP contribution in [0.15, 0.2) is 0 Å². The van der Waals surface area contributed by atoms with Gasteiger partial charge in [-0.15, -0.1) is 0 Å². The minimum Gasteiger partial charge on any atom is -0.345 e. The fourth-order valence-electron chi connectivity index (χ4n) is 1.87. The molecular formula is C9H20NS+. The van der Waals surface area contributed by atoms with Gasteiger partial charge in [-0.25, -0.2) is 0 Å². The van der Waals surface area contributed by atoms with Crippen LogP contribution in [-0.2, 0) is 0 Å². The zero-order valence-corrected chi connectivity index (χ0v) is 8.15. The van der Waals surface area contributed by atoms with Crippen LogP contribution in [0.5, 0.6) is 0 Å². The maximum atomic E-state index is 4.19. The summed E-state index contributed by atoms with van der Waals surface area (Å²) in [7, 11) is 0. The first kappa shape index (κ1) is 9.40. The van der Waals surface area contributed by atoms with Gasteiger partial charge in [-0.2, -0.15) is 12.6 Å². The zero-order chi connectivity index (χ0) is 7.94. The average molecular weight is 174 g/mol. The van der Waals surface area contributed by atoms with Gasteiger partial charge in [0.15, 0.2) is 0 Å². The highest BCUT2D eigenvalue weighted by Gasteiger charge is 2.13. The molecule has 0 atom stereocenters. The van der Waals surface area contributed by atoms with Crippen LogP contribution in [0, 0.1) is 5.92 Å². The number of quaternary nitrogens is 1. The van der Waals surface area contributed by atoms with E-state index in [1.54, 1.807) is 0 Å². The highest BCUT2D eigenvalue weighted by Crippen LogP contribution is 2.21. The Balaban J connectivity index is 1.96. The van der Waals surface area contributed by atoms with Gasteiger partial charge in [-0.3, -0.25) is 0 Å². The summed E-state index contributed by atoms with van der Waals surface area (Å²) < 4.78 is 0. The topological polar surface area (TPSA) is 16.6 Å². The highest BCUT2D eigenvalue weighted by molar-refractivity contribution is 7.80. The molecule has 0 aromatic heterocycles. The molecule has 11 heavy (non-hydrogen) atoms. The van der Waals surface area contributed by atoms with Crippen LogP contribution in [0.3, 0.4) is 0 Å². The van der Waals surface area contributed by atoms with E-state index in [-0.39, 0.29) is 0 Å². The molecule has 66 valence electrons. The van der Waals surface area contributed by atoms with Crippen molar-refractivity contribution >= 4 is 12.6 Å². The van der Waals surface area contributed by atoms with Crippen molar-refractivity contribution in [2.75, 3.05) is 18.8 Å². The van der Waals surface area contributed by atoms with Crippen molar-refractivity contribution in [3.8, 4) is 0 Å². The Labute approximate surface area is 75.4 Å². The third kappa shape index (κ3) is 4.02. The highest BCUT2D eigenvalue weighted by atomic mass is 32.1. The Morgan fingerprint density at radius 3 is 2.55 bits per heavy atom. The van der Waals surface area contributed by atoms with E-state index in [9.17, 15) is 0 Å². The van der Waals surface area contributed by atoms with Gasteiger partial charge >= 0.3 is 0 Å². The Kier molecular flexibility index (Phi) is 5.04. The average Bonchev–Trinajstić information content (AvgIpc) is 2.07. The molecule has 1 aliphatic carbocycles. The van der Waals surface area contributed by atoms with Crippen molar-refractivity contribution < 1.29 is 5.32 Å². The van der Waals surface area contributed by atoms with Crippen LogP contribution in [0.4, 0.5) is 0 Å². The Morgan fingerprint density at radius 2 is 1.91 bits per heavy atom. The largest absolute Gasteiger partial charge is 0.345 e. The number of rotatable bonds is 4. The summed E-state index contributed by atoms with van der Waals surface area (Å²) in [6.45, 7) is 2.54. The molecular weight excluding hydrogens is 154 g/mol. The molecule has 0 aliphatic heterocycles. The summed E-state index contributed by atoms with van der Waals surface area (Å²) in [4.78, 5) is 0. The molecule has 0 amide bonds. The SMILES string of the molecule is SCC[NH2+]CC1CCCCC1. The molecule has 2 heteroatoms. The normalized spacial score (nSPS) is 20.5. The lowest BCUT2D eigenvalue weighted by Gasteiger charge is -2.19. The Hall–Kier alpha value is 0.310. The van der Waals surface area contributed by atoms with E-state index < -0.39 is 0 Å². The van der Waals surface area contributed by atoms with Gasteiger partial charge in [0.05, 0.1) is 13.1 Å². The van der Waals surface area contributed by atoms with Crippen LogP contribution in [-0.4, -0.2) is 18.8 Å². The molecule has 0 aromatic carbocycles. The van der Waals surface area contributed by atoms with E-state index in [0.717, 1.165) is 11.7 Å². The van der Waals surface area contributed by atoms with Crippen LogP contribution in [0.1, 0.15) is 32.1 Å². The fourth-order valence-corrected chi connectivity index (χ4v) is 2.05. The van der Waals surface area contributed by atoms with Crippen molar-refractivity contribution in [3.05, 3.63) is 0 Å². The van der Waals surface area contributed by atoms with E-state index in [0.29, 0.717) is 0 Å². The second-order valence-electron chi connectivity index (χ2n) is 3.54. The lowest BCUT2D eigenvalue weighted by atomic mass is 9.89. The molecule has 0 saturated heterocycles. The van der Waals surface area contributed by atoms with E-state index in [1.165, 1.54) is 45.2 Å². The van der Waals surface area contributed by atoms with Gasteiger partial charge in [0.2, 0.25) is 0 Å². The Morgan fingerprint density at radius 1 is 1.18 bits per heavy atom. The van der Waals surface area contributed by atoms with Gasteiger partial charge in [0, 0.05) is 11.7 Å². The fraction of sp³-hybridized carbons (Fsp3) is 1.00. The first-order chi connectivity index (χ1) is 5.43. The molecule has 0 bridgehead atoms. The van der Waals surface area contributed by atoms with Crippen LogP contribution in [0.25, 0.3) is 0 Å². The van der Waals surface area contributed by atoms with E-state index in [1.807, 2.05) is 0 Å². The maximum absolute atomic E-state index is 4.19. The summed E-state index contributed by atoms with van der Waals surface area (Å²) >= 11 is 4.19. The molecule has 1 aliphatic rings. The molecule has 0 heterocycles. The lowest BCUT2D eigenvalue weighted by Crippen LogP contribution is -2.86. The van der Waals surface area contributed by atoms with Crippen LogP contribution < -0.4 is 5.32 Å². The molecule has 1 rings (SSSR count). The minimum atomic E-state index is 1.02. The third-order valence-electron chi connectivity index (χ3n) is 2.56. The molecule has 0 spiro atoms. The van der Waals surface area contributed by atoms with E-state index in [2.05, 4.69) is 17.9 Å². The molecule has 0 aromatic rings. The summed E-state index contributed by atoms with van der Waals surface area (Å²) in [5.74, 6) is 2.04. The number of nitrogens with two attached hydrogens (primary N) is 1. The minimum absolute atomic E-state index is 1.02. The third-order valence-corrected chi connectivity index (χ3v) is 2.82. The molecule has 0 unspecified atom stereocenters. The second-order valence-corrected chi connectivity index (χ2v) is 3.99. The number of hydrogen-bond acceptors (Lipinski definition) is 1. The van der Waals surface area contributed by atoms with Gasteiger partial charge in [-0.05, 0) is 12.8 Å². The summed E-state index contributed by atoms with van der Waals surface area (Å²) in [5, 5.41) is 2.42. The van der Waals surface area contributed by atoms with Crippen molar-refractivity contribution in [1.29, 1.82) is 0 Å². The molecule has 1 nitrogen and oxygen atoms in total.